The molecule has 3 aromatic carbocycles. The molecule has 0 bridgehead atoms. The smallest absolute Gasteiger partial charge is 0.160 e. The maximum Gasteiger partial charge on any atom is 0.160 e. The highest BCUT2D eigenvalue weighted by atomic mass is 79.9. The zero-order chi connectivity index (χ0) is 18.4. The summed E-state index contributed by atoms with van der Waals surface area (Å²) in [7, 11) is 1.56. The SMILES string of the molecule is COc1ccc(CN(Cc2ccccc2)Cc2ccc(Br)cc2)cc1O. The molecule has 0 radical (unpaired) electrons. The summed E-state index contributed by atoms with van der Waals surface area (Å²) >= 11 is 3.49. The Morgan fingerprint density at radius 2 is 1.38 bits per heavy atom. The van der Waals surface area contributed by atoms with E-state index in [-0.39, 0.29) is 5.75 Å². The minimum absolute atomic E-state index is 0.174. The summed E-state index contributed by atoms with van der Waals surface area (Å²) in [6, 6.07) is 24.4. The standard InChI is InChI=1S/C22H22BrNO2/c1-26-22-12-9-19(13-21(22)25)16-24(14-17-5-3-2-4-6-17)15-18-7-10-20(23)11-8-18/h2-13,25H,14-16H2,1H3. The van der Waals surface area contributed by atoms with E-state index in [9.17, 15) is 5.11 Å². The van der Waals surface area contributed by atoms with Gasteiger partial charge >= 0.3 is 0 Å². The van der Waals surface area contributed by atoms with Gasteiger partial charge in [0.1, 0.15) is 0 Å². The fourth-order valence-corrected chi connectivity index (χ4v) is 3.21. The molecule has 0 saturated heterocycles. The van der Waals surface area contributed by atoms with Crippen LogP contribution in [0, 0.1) is 0 Å². The van der Waals surface area contributed by atoms with Gasteiger partial charge in [-0.2, -0.15) is 0 Å². The van der Waals surface area contributed by atoms with E-state index >= 15 is 0 Å². The highest BCUT2D eigenvalue weighted by Gasteiger charge is 2.10. The molecule has 0 aliphatic carbocycles. The van der Waals surface area contributed by atoms with Crippen LogP contribution in [0.3, 0.4) is 0 Å². The van der Waals surface area contributed by atoms with Crippen LogP contribution in [0.25, 0.3) is 0 Å². The van der Waals surface area contributed by atoms with Crippen LogP contribution in [-0.2, 0) is 19.6 Å². The largest absolute Gasteiger partial charge is 0.504 e. The van der Waals surface area contributed by atoms with Gasteiger partial charge in [-0.25, -0.2) is 0 Å². The van der Waals surface area contributed by atoms with Crippen molar-refractivity contribution < 1.29 is 9.84 Å². The first kappa shape index (κ1) is 18.5. The van der Waals surface area contributed by atoms with Gasteiger partial charge in [-0.3, -0.25) is 4.90 Å². The van der Waals surface area contributed by atoms with Crippen LogP contribution in [0.15, 0.2) is 77.3 Å². The number of aromatic hydroxyl groups is 1. The van der Waals surface area contributed by atoms with Gasteiger partial charge in [0.25, 0.3) is 0 Å². The maximum atomic E-state index is 10.1. The highest BCUT2D eigenvalue weighted by molar-refractivity contribution is 9.10. The lowest BCUT2D eigenvalue weighted by molar-refractivity contribution is 0.247. The Morgan fingerprint density at radius 1 is 0.808 bits per heavy atom. The first-order valence-electron chi connectivity index (χ1n) is 8.50. The molecule has 0 aliphatic rings. The summed E-state index contributed by atoms with van der Waals surface area (Å²) in [5.74, 6) is 0.671. The third-order valence-electron chi connectivity index (χ3n) is 4.22. The third-order valence-corrected chi connectivity index (χ3v) is 4.75. The molecule has 3 nitrogen and oxygen atoms in total. The summed E-state index contributed by atoms with van der Waals surface area (Å²) in [5.41, 5.74) is 3.57. The van der Waals surface area contributed by atoms with Gasteiger partial charge < -0.3 is 9.84 Å². The molecule has 1 N–H and O–H groups in total. The highest BCUT2D eigenvalue weighted by Crippen LogP contribution is 2.27. The molecular weight excluding hydrogens is 390 g/mol. The lowest BCUT2D eigenvalue weighted by Gasteiger charge is -2.23. The number of benzene rings is 3. The average molecular weight is 412 g/mol. The van der Waals surface area contributed by atoms with Crippen LogP contribution in [0.1, 0.15) is 16.7 Å². The first-order valence-corrected chi connectivity index (χ1v) is 9.30. The van der Waals surface area contributed by atoms with Crippen molar-refractivity contribution in [1.82, 2.24) is 4.90 Å². The van der Waals surface area contributed by atoms with Crippen molar-refractivity contribution in [1.29, 1.82) is 0 Å². The molecule has 0 amide bonds. The number of rotatable bonds is 7. The number of phenolic OH excluding ortho intramolecular Hbond substituents is 1. The number of methoxy groups -OCH3 is 1. The van der Waals surface area contributed by atoms with Crippen LogP contribution in [0.5, 0.6) is 11.5 Å². The summed E-state index contributed by atoms with van der Waals surface area (Å²) in [5, 5.41) is 10.1. The lowest BCUT2D eigenvalue weighted by Crippen LogP contribution is -2.22. The van der Waals surface area contributed by atoms with Gasteiger partial charge in [-0.05, 0) is 41.0 Å². The quantitative estimate of drug-likeness (QED) is 0.567. The van der Waals surface area contributed by atoms with E-state index in [2.05, 4.69) is 69.4 Å². The predicted octanol–water partition coefficient (Wildman–Crippen LogP) is 5.37. The second-order valence-electron chi connectivity index (χ2n) is 6.26. The average Bonchev–Trinajstić information content (AvgIpc) is 2.64. The number of halogens is 1. The van der Waals surface area contributed by atoms with E-state index < -0.39 is 0 Å². The molecule has 0 unspecified atom stereocenters. The van der Waals surface area contributed by atoms with E-state index in [1.165, 1.54) is 11.1 Å². The number of hydrogen-bond donors (Lipinski definition) is 1. The van der Waals surface area contributed by atoms with E-state index in [1.54, 1.807) is 13.2 Å². The molecule has 0 heterocycles. The summed E-state index contributed by atoms with van der Waals surface area (Å²) in [4.78, 5) is 2.36. The van der Waals surface area contributed by atoms with Crippen molar-refractivity contribution in [3.63, 3.8) is 0 Å². The molecule has 0 spiro atoms. The Hall–Kier alpha value is -2.30. The van der Waals surface area contributed by atoms with E-state index in [0.29, 0.717) is 5.75 Å². The van der Waals surface area contributed by atoms with Crippen LogP contribution < -0.4 is 4.74 Å². The van der Waals surface area contributed by atoms with E-state index in [4.69, 9.17) is 4.74 Å². The number of ether oxygens (including phenoxy) is 1. The van der Waals surface area contributed by atoms with E-state index in [0.717, 1.165) is 29.7 Å². The van der Waals surface area contributed by atoms with Gasteiger partial charge in [-0.15, -0.1) is 0 Å². The minimum atomic E-state index is 0.174. The van der Waals surface area contributed by atoms with Crippen LogP contribution >= 0.6 is 15.9 Å². The lowest BCUT2D eigenvalue weighted by atomic mass is 10.1. The molecule has 26 heavy (non-hydrogen) atoms. The molecule has 0 aliphatic heterocycles. The van der Waals surface area contributed by atoms with Crippen molar-refractivity contribution in [2.45, 2.75) is 19.6 Å². The molecule has 3 aromatic rings. The fourth-order valence-electron chi connectivity index (χ4n) is 2.95. The monoisotopic (exact) mass is 411 g/mol. The Bertz CT molecular complexity index is 835. The summed E-state index contributed by atoms with van der Waals surface area (Å²) < 4.78 is 6.22. The topological polar surface area (TPSA) is 32.7 Å². The Balaban J connectivity index is 1.79. The van der Waals surface area contributed by atoms with Crippen molar-refractivity contribution in [2.75, 3.05) is 7.11 Å². The van der Waals surface area contributed by atoms with Crippen LogP contribution in [0.4, 0.5) is 0 Å². The number of hydrogen-bond acceptors (Lipinski definition) is 3. The molecule has 0 saturated carbocycles. The Morgan fingerprint density at radius 3 is 2.00 bits per heavy atom. The van der Waals surface area contributed by atoms with Gasteiger partial charge in [0.15, 0.2) is 11.5 Å². The molecular formula is C22H22BrNO2. The Labute approximate surface area is 163 Å². The van der Waals surface area contributed by atoms with Crippen molar-refractivity contribution in [3.8, 4) is 11.5 Å². The second-order valence-corrected chi connectivity index (χ2v) is 7.18. The van der Waals surface area contributed by atoms with Gasteiger partial charge in [-0.1, -0.05) is 64.5 Å². The minimum Gasteiger partial charge on any atom is -0.504 e. The molecule has 0 atom stereocenters. The summed E-state index contributed by atoms with van der Waals surface area (Å²) in [6.07, 6.45) is 0. The zero-order valence-corrected chi connectivity index (χ0v) is 16.3. The van der Waals surface area contributed by atoms with Gasteiger partial charge in [0.05, 0.1) is 7.11 Å². The van der Waals surface area contributed by atoms with Crippen LogP contribution in [0.2, 0.25) is 0 Å². The molecule has 0 aromatic heterocycles. The Kier molecular flexibility index (Phi) is 6.31. The maximum absolute atomic E-state index is 10.1. The normalized spacial score (nSPS) is 10.9. The van der Waals surface area contributed by atoms with Gasteiger partial charge in [0.2, 0.25) is 0 Å². The molecule has 4 heteroatoms. The van der Waals surface area contributed by atoms with Crippen molar-refractivity contribution in [2.24, 2.45) is 0 Å². The van der Waals surface area contributed by atoms with Crippen molar-refractivity contribution >= 4 is 15.9 Å². The van der Waals surface area contributed by atoms with Crippen molar-refractivity contribution in [3.05, 3.63) is 94.0 Å². The number of nitrogens with zero attached hydrogens (tertiary/aromatic N) is 1. The number of phenols is 1. The summed E-state index contributed by atoms with van der Waals surface area (Å²) in [6.45, 7) is 2.40. The first-order chi connectivity index (χ1) is 12.6. The second kappa shape index (κ2) is 8.88. The predicted molar refractivity (Wildman–Crippen MR) is 108 cm³/mol. The zero-order valence-electron chi connectivity index (χ0n) is 14.7. The van der Waals surface area contributed by atoms with Gasteiger partial charge in [0, 0.05) is 24.1 Å². The molecule has 134 valence electrons. The van der Waals surface area contributed by atoms with E-state index in [1.807, 2.05) is 18.2 Å². The third kappa shape index (κ3) is 5.10. The van der Waals surface area contributed by atoms with Crippen LogP contribution in [-0.4, -0.2) is 17.1 Å². The molecule has 3 rings (SSSR count). The fraction of sp³-hybridized carbons (Fsp3) is 0.182. The molecule has 0 fully saturated rings.